The molecule has 0 aliphatic carbocycles. The van der Waals surface area contributed by atoms with E-state index in [1.165, 1.54) is 0 Å². The van der Waals surface area contributed by atoms with Gasteiger partial charge in [0.05, 0.1) is 6.61 Å². The minimum atomic E-state index is -0.0185. The fourth-order valence-electron chi connectivity index (χ4n) is 3.70. The van der Waals surface area contributed by atoms with Crippen molar-refractivity contribution in [2.75, 3.05) is 50.9 Å². The van der Waals surface area contributed by atoms with Crippen LogP contribution >= 0.6 is 0 Å². The molecule has 0 N–H and O–H groups in total. The average molecular weight is 475 g/mol. The number of benzene rings is 2. The summed E-state index contributed by atoms with van der Waals surface area (Å²) in [6, 6.07) is 17.1. The molecular weight excluding hydrogens is 444 g/mol. The van der Waals surface area contributed by atoms with Crippen LogP contribution in [-0.4, -0.2) is 66.8 Å². The minimum absolute atomic E-state index is 0.0185. The molecule has 35 heavy (non-hydrogen) atoms. The summed E-state index contributed by atoms with van der Waals surface area (Å²) in [5.41, 5.74) is 0.867. The summed E-state index contributed by atoms with van der Waals surface area (Å²) < 4.78 is 17.3. The summed E-state index contributed by atoms with van der Waals surface area (Å²) in [5, 5.41) is 0. The zero-order valence-electron chi connectivity index (χ0n) is 19.9. The third kappa shape index (κ3) is 6.96. The van der Waals surface area contributed by atoms with Gasteiger partial charge in [-0.1, -0.05) is 24.3 Å². The zero-order chi connectivity index (χ0) is 24.3. The molecule has 0 saturated carbocycles. The van der Waals surface area contributed by atoms with Gasteiger partial charge in [0.15, 0.2) is 11.5 Å². The quantitative estimate of drug-likeness (QED) is 0.328. The lowest BCUT2D eigenvalue weighted by atomic mass is 10.2. The number of hydrogen-bond acceptors (Lipinski definition) is 7. The van der Waals surface area contributed by atoms with E-state index >= 15 is 0 Å². The van der Waals surface area contributed by atoms with Crippen molar-refractivity contribution in [3.05, 3.63) is 78.6 Å². The van der Waals surface area contributed by atoms with Gasteiger partial charge in [-0.3, -0.25) is 4.79 Å². The van der Waals surface area contributed by atoms with Gasteiger partial charge in [0, 0.05) is 44.6 Å². The van der Waals surface area contributed by atoms with E-state index < -0.39 is 0 Å². The second-order valence-corrected chi connectivity index (χ2v) is 7.84. The SMILES string of the molecule is CCOc1cc(/C=C/C(=O)N2CCN(c3ncccn3)CC2)ccc1OCCOc1ccccc1. The number of nitrogens with zero attached hydrogens (tertiary/aromatic N) is 4. The van der Waals surface area contributed by atoms with Crippen LogP contribution in [0.3, 0.4) is 0 Å². The molecule has 1 amide bonds. The zero-order valence-corrected chi connectivity index (χ0v) is 19.9. The van der Waals surface area contributed by atoms with Crippen molar-refractivity contribution in [3.8, 4) is 17.2 Å². The minimum Gasteiger partial charge on any atom is -0.490 e. The maximum atomic E-state index is 12.7. The molecule has 1 saturated heterocycles. The van der Waals surface area contributed by atoms with Gasteiger partial charge in [0.1, 0.15) is 19.0 Å². The molecule has 0 bridgehead atoms. The van der Waals surface area contributed by atoms with Crippen LogP contribution in [0.4, 0.5) is 5.95 Å². The summed E-state index contributed by atoms with van der Waals surface area (Å²) in [4.78, 5) is 25.2. The molecule has 2 heterocycles. The Labute approximate surface area is 205 Å². The Hall–Kier alpha value is -4.07. The second kappa shape index (κ2) is 12.4. The number of rotatable bonds is 10. The number of carbonyl (C=O) groups is 1. The Balaban J connectivity index is 1.29. The van der Waals surface area contributed by atoms with Crippen LogP contribution in [0.2, 0.25) is 0 Å². The lowest BCUT2D eigenvalue weighted by Gasteiger charge is -2.34. The largest absolute Gasteiger partial charge is 0.490 e. The van der Waals surface area contributed by atoms with Gasteiger partial charge in [0.25, 0.3) is 0 Å². The van der Waals surface area contributed by atoms with E-state index in [-0.39, 0.29) is 5.91 Å². The first-order valence-electron chi connectivity index (χ1n) is 11.8. The molecule has 8 heteroatoms. The summed E-state index contributed by atoms with van der Waals surface area (Å²) in [6.45, 7) is 5.92. The maximum absolute atomic E-state index is 12.7. The smallest absolute Gasteiger partial charge is 0.246 e. The average Bonchev–Trinajstić information content (AvgIpc) is 2.92. The van der Waals surface area contributed by atoms with Crippen LogP contribution in [0, 0.1) is 0 Å². The fourth-order valence-corrected chi connectivity index (χ4v) is 3.70. The van der Waals surface area contributed by atoms with E-state index in [1.54, 1.807) is 30.6 Å². The molecule has 0 atom stereocenters. The van der Waals surface area contributed by atoms with Crippen molar-refractivity contribution in [2.24, 2.45) is 0 Å². The van der Waals surface area contributed by atoms with E-state index in [4.69, 9.17) is 14.2 Å². The van der Waals surface area contributed by atoms with Crippen molar-refractivity contribution < 1.29 is 19.0 Å². The summed E-state index contributed by atoms with van der Waals surface area (Å²) in [6.07, 6.45) is 6.87. The van der Waals surface area contributed by atoms with Crippen molar-refractivity contribution in [3.63, 3.8) is 0 Å². The highest BCUT2D eigenvalue weighted by Gasteiger charge is 2.21. The normalized spacial score (nSPS) is 13.6. The van der Waals surface area contributed by atoms with Crippen molar-refractivity contribution in [2.45, 2.75) is 6.92 Å². The van der Waals surface area contributed by atoms with Crippen LogP contribution in [-0.2, 0) is 4.79 Å². The molecule has 0 radical (unpaired) electrons. The molecule has 1 aliphatic heterocycles. The Morgan fingerprint density at radius 2 is 1.63 bits per heavy atom. The molecule has 1 aromatic heterocycles. The van der Waals surface area contributed by atoms with Gasteiger partial charge in [-0.05, 0) is 48.9 Å². The van der Waals surface area contributed by atoms with Crippen LogP contribution < -0.4 is 19.1 Å². The van der Waals surface area contributed by atoms with Gasteiger partial charge in [-0.25, -0.2) is 9.97 Å². The number of hydrogen-bond donors (Lipinski definition) is 0. The summed E-state index contributed by atoms with van der Waals surface area (Å²) in [5.74, 6) is 2.77. The number of aromatic nitrogens is 2. The third-order valence-corrected chi connectivity index (χ3v) is 5.47. The predicted octanol–water partition coefficient (Wildman–Crippen LogP) is 3.70. The molecule has 182 valence electrons. The predicted molar refractivity (Wildman–Crippen MR) is 135 cm³/mol. The van der Waals surface area contributed by atoms with E-state index in [0.717, 1.165) is 11.3 Å². The number of piperazine rings is 1. The Bertz CT molecular complexity index is 1100. The Kier molecular flexibility index (Phi) is 8.53. The fraction of sp³-hybridized carbons (Fsp3) is 0.296. The number of anilines is 1. The van der Waals surface area contributed by atoms with Crippen LogP contribution in [0.25, 0.3) is 6.08 Å². The van der Waals surface area contributed by atoms with Crippen LogP contribution in [0.15, 0.2) is 73.1 Å². The first-order valence-corrected chi connectivity index (χ1v) is 11.8. The topological polar surface area (TPSA) is 77.0 Å². The van der Waals surface area contributed by atoms with E-state index in [1.807, 2.05) is 60.4 Å². The molecule has 1 aliphatic rings. The molecule has 8 nitrogen and oxygen atoms in total. The van der Waals surface area contributed by atoms with Crippen molar-refractivity contribution in [1.82, 2.24) is 14.9 Å². The molecule has 0 unspecified atom stereocenters. The van der Waals surface area contributed by atoms with Gasteiger partial charge < -0.3 is 24.0 Å². The highest BCUT2D eigenvalue weighted by molar-refractivity contribution is 5.92. The molecule has 3 aromatic rings. The van der Waals surface area contributed by atoms with Gasteiger partial charge in [-0.15, -0.1) is 0 Å². The van der Waals surface area contributed by atoms with E-state index in [2.05, 4.69) is 14.9 Å². The Morgan fingerprint density at radius 3 is 2.37 bits per heavy atom. The first-order chi connectivity index (χ1) is 17.2. The van der Waals surface area contributed by atoms with E-state index in [9.17, 15) is 4.79 Å². The lowest BCUT2D eigenvalue weighted by molar-refractivity contribution is -0.126. The summed E-state index contributed by atoms with van der Waals surface area (Å²) in [7, 11) is 0. The van der Waals surface area contributed by atoms with Gasteiger partial charge >= 0.3 is 0 Å². The van der Waals surface area contributed by atoms with Crippen molar-refractivity contribution in [1.29, 1.82) is 0 Å². The van der Waals surface area contributed by atoms with Crippen LogP contribution in [0.5, 0.6) is 17.2 Å². The highest BCUT2D eigenvalue weighted by atomic mass is 16.5. The molecule has 0 spiro atoms. The highest BCUT2D eigenvalue weighted by Crippen LogP contribution is 2.29. The number of amides is 1. The van der Waals surface area contributed by atoms with Crippen LogP contribution in [0.1, 0.15) is 12.5 Å². The lowest BCUT2D eigenvalue weighted by Crippen LogP contribution is -2.48. The number of carbonyl (C=O) groups excluding carboxylic acids is 1. The third-order valence-electron chi connectivity index (χ3n) is 5.47. The van der Waals surface area contributed by atoms with E-state index in [0.29, 0.717) is 63.4 Å². The Morgan fingerprint density at radius 1 is 0.886 bits per heavy atom. The molecule has 4 rings (SSSR count). The maximum Gasteiger partial charge on any atom is 0.246 e. The molecular formula is C27H30N4O4. The standard InChI is InChI=1S/C27H30N4O4/c1-2-33-25-21-22(9-11-24(25)35-20-19-34-23-7-4-3-5-8-23)10-12-26(32)30-15-17-31(18-16-30)27-28-13-6-14-29-27/h3-14,21H,2,15-20H2,1H3/b12-10+. The molecule has 1 fully saturated rings. The number of para-hydroxylation sites is 1. The van der Waals surface area contributed by atoms with Gasteiger partial charge in [0.2, 0.25) is 11.9 Å². The molecule has 2 aromatic carbocycles. The monoisotopic (exact) mass is 474 g/mol. The first kappa shape index (κ1) is 24.1. The summed E-state index contributed by atoms with van der Waals surface area (Å²) >= 11 is 0. The van der Waals surface area contributed by atoms with Gasteiger partial charge in [-0.2, -0.15) is 0 Å². The second-order valence-electron chi connectivity index (χ2n) is 7.84. The number of ether oxygens (including phenoxy) is 3. The van der Waals surface area contributed by atoms with Crippen molar-refractivity contribution >= 4 is 17.9 Å².